The zero-order valence-corrected chi connectivity index (χ0v) is 14.7. The van der Waals surface area contributed by atoms with E-state index in [4.69, 9.17) is 18.9 Å². The van der Waals surface area contributed by atoms with Gasteiger partial charge in [-0.15, -0.1) is 0 Å². The highest BCUT2D eigenvalue weighted by Crippen LogP contribution is 2.36. The Bertz CT molecular complexity index is 942. The average Bonchev–Trinajstić information content (AvgIpc) is 3.05. The van der Waals surface area contributed by atoms with Gasteiger partial charge in [0.2, 0.25) is 16.8 Å². The molecule has 0 radical (unpaired) electrons. The molecule has 1 saturated heterocycles. The lowest BCUT2D eigenvalue weighted by Gasteiger charge is -2.38. The molecule has 0 bridgehead atoms. The van der Waals surface area contributed by atoms with E-state index in [2.05, 4.69) is 0 Å². The van der Waals surface area contributed by atoms with Crippen molar-refractivity contribution in [3.8, 4) is 23.0 Å². The summed E-state index contributed by atoms with van der Waals surface area (Å²) in [4.78, 5) is 0.128. The van der Waals surface area contributed by atoms with Gasteiger partial charge < -0.3 is 18.9 Å². The van der Waals surface area contributed by atoms with Gasteiger partial charge in [0.25, 0.3) is 0 Å². The summed E-state index contributed by atoms with van der Waals surface area (Å²) in [6, 6.07) is 8.44. The van der Waals surface area contributed by atoms with Crippen molar-refractivity contribution in [1.82, 2.24) is 4.31 Å². The predicted molar refractivity (Wildman–Crippen MR) is 88.7 cm³/mol. The van der Waals surface area contributed by atoms with Crippen molar-refractivity contribution in [1.29, 1.82) is 0 Å². The summed E-state index contributed by atoms with van der Waals surface area (Å²) in [5.41, 5.74) is 0. The van der Waals surface area contributed by atoms with Crippen molar-refractivity contribution in [2.24, 2.45) is 0 Å². The minimum atomic E-state index is -3.66. The fraction of sp³-hybridized carbons (Fsp3) is 0.294. The first kappa shape index (κ1) is 16.9. The summed E-state index contributed by atoms with van der Waals surface area (Å²) in [7, 11) is -2.20. The molecular formula is C17H16FNO6S. The zero-order chi connectivity index (χ0) is 18.3. The standard InChI is InChI=1S/C17H16FNO6S/c1-22-14-4-2-11(18)6-17(14)25-12-8-19(9-12)26(20,21)13-3-5-15-16(7-13)24-10-23-15/h2-7,12H,8-10H2,1H3. The molecule has 0 aliphatic carbocycles. The molecule has 0 saturated carbocycles. The number of methoxy groups -OCH3 is 1. The number of hydrogen-bond donors (Lipinski definition) is 0. The normalized spacial score (nSPS) is 17.0. The molecule has 2 heterocycles. The van der Waals surface area contributed by atoms with E-state index in [0.717, 1.165) is 0 Å². The van der Waals surface area contributed by atoms with Crippen LogP contribution in [0, 0.1) is 5.82 Å². The third-order valence-corrected chi connectivity index (χ3v) is 6.04. The van der Waals surface area contributed by atoms with Crippen LogP contribution in [0.3, 0.4) is 0 Å². The van der Waals surface area contributed by atoms with Gasteiger partial charge in [0.15, 0.2) is 23.0 Å². The Morgan fingerprint density at radius 2 is 1.85 bits per heavy atom. The molecule has 0 N–H and O–H groups in total. The minimum Gasteiger partial charge on any atom is -0.493 e. The van der Waals surface area contributed by atoms with Gasteiger partial charge in [-0.1, -0.05) is 0 Å². The molecule has 9 heteroatoms. The van der Waals surface area contributed by atoms with Gasteiger partial charge >= 0.3 is 0 Å². The first-order valence-corrected chi connectivity index (χ1v) is 9.31. The second-order valence-electron chi connectivity index (χ2n) is 5.87. The molecule has 1 fully saturated rings. The van der Waals surface area contributed by atoms with Crippen LogP contribution >= 0.6 is 0 Å². The van der Waals surface area contributed by atoms with Crippen LogP contribution in [0.2, 0.25) is 0 Å². The SMILES string of the molecule is COc1ccc(F)cc1OC1CN(S(=O)(=O)c2ccc3c(c2)OCO3)C1. The number of ether oxygens (including phenoxy) is 4. The van der Waals surface area contributed by atoms with Gasteiger partial charge in [0.1, 0.15) is 11.9 Å². The van der Waals surface area contributed by atoms with Gasteiger partial charge in [0, 0.05) is 12.1 Å². The van der Waals surface area contributed by atoms with Crippen LogP contribution in [0.1, 0.15) is 0 Å². The van der Waals surface area contributed by atoms with Gasteiger partial charge in [0.05, 0.1) is 25.1 Å². The summed E-state index contributed by atoms with van der Waals surface area (Å²) in [6.07, 6.45) is -0.380. The highest BCUT2D eigenvalue weighted by atomic mass is 32.2. The highest BCUT2D eigenvalue weighted by molar-refractivity contribution is 7.89. The maximum atomic E-state index is 13.4. The van der Waals surface area contributed by atoms with E-state index in [1.54, 1.807) is 6.07 Å². The largest absolute Gasteiger partial charge is 0.493 e. The zero-order valence-electron chi connectivity index (χ0n) is 13.8. The number of nitrogens with zero attached hydrogens (tertiary/aromatic N) is 1. The maximum absolute atomic E-state index is 13.4. The Morgan fingerprint density at radius 1 is 1.08 bits per heavy atom. The smallest absolute Gasteiger partial charge is 0.243 e. The Kier molecular flexibility index (Phi) is 4.12. The van der Waals surface area contributed by atoms with Gasteiger partial charge in [-0.2, -0.15) is 4.31 Å². The lowest BCUT2D eigenvalue weighted by atomic mass is 10.2. The Labute approximate surface area is 149 Å². The average molecular weight is 381 g/mol. The predicted octanol–water partition coefficient (Wildman–Crippen LogP) is 2.01. The quantitative estimate of drug-likeness (QED) is 0.789. The minimum absolute atomic E-state index is 0.0773. The summed E-state index contributed by atoms with van der Waals surface area (Å²) < 4.78 is 61.2. The van der Waals surface area contributed by atoms with E-state index in [1.807, 2.05) is 0 Å². The molecule has 0 atom stereocenters. The molecule has 2 aromatic carbocycles. The number of sulfonamides is 1. The number of benzene rings is 2. The molecule has 4 rings (SSSR count). The number of rotatable bonds is 5. The lowest BCUT2D eigenvalue weighted by Crippen LogP contribution is -2.55. The van der Waals surface area contributed by atoms with Crippen LogP contribution in [0.5, 0.6) is 23.0 Å². The summed E-state index contributed by atoms with van der Waals surface area (Å²) in [5.74, 6) is 1.11. The van der Waals surface area contributed by atoms with Crippen LogP contribution in [0.25, 0.3) is 0 Å². The summed E-state index contributed by atoms with van der Waals surface area (Å²) in [5, 5.41) is 0. The second-order valence-corrected chi connectivity index (χ2v) is 7.81. The van der Waals surface area contributed by atoms with E-state index in [-0.39, 0.29) is 36.6 Å². The molecule has 0 spiro atoms. The number of hydrogen-bond acceptors (Lipinski definition) is 6. The molecule has 2 aliphatic heterocycles. The van der Waals surface area contributed by atoms with Crippen molar-refractivity contribution in [3.05, 3.63) is 42.2 Å². The topological polar surface area (TPSA) is 74.3 Å². The molecule has 7 nitrogen and oxygen atoms in total. The van der Waals surface area contributed by atoms with Crippen LogP contribution in [-0.4, -0.2) is 45.8 Å². The lowest BCUT2D eigenvalue weighted by molar-refractivity contribution is 0.0732. The maximum Gasteiger partial charge on any atom is 0.243 e. The van der Waals surface area contributed by atoms with E-state index < -0.39 is 15.8 Å². The third-order valence-electron chi connectivity index (χ3n) is 4.22. The molecule has 26 heavy (non-hydrogen) atoms. The third kappa shape index (κ3) is 2.93. The summed E-state index contributed by atoms with van der Waals surface area (Å²) in [6.45, 7) is 0.404. The van der Waals surface area contributed by atoms with Gasteiger partial charge in [-0.3, -0.25) is 0 Å². The monoisotopic (exact) mass is 381 g/mol. The molecule has 0 aromatic heterocycles. The molecule has 0 amide bonds. The van der Waals surface area contributed by atoms with Crippen LogP contribution in [0.15, 0.2) is 41.3 Å². The first-order chi connectivity index (χ1) is 12.5. The number of fused-ring (bicyclic) bond motifs is 1. The van der Waals surface area contributed by atoms with Crippen molar-refractivity contribution >= 4 is 10.0 Å². The Hall–Kier alpha value is -2.52. The van der Waals surface area contributed by atoms with Crippen LogP contribution in [0.4, 0.5) is 4.39 Å². The highest BCUT2D eigenvalue weighted by Gasteiger charge is 2.39. The first-order valence-electron chi connectivity index (χ1n) is 7.87. The summed E-state index contributed by atoms with van der Waals surface area (Å²) >= 11 is 0. The van der Waals surface area contributed by atoms with E-state index in [9.17, 15) is 12.8 Å². The second kappa shape index (κ2) is 6.33. The molecule has 2 aromatic rings. The Balaban J connectivity index is 1.45. The Morgan fingerprint density at radius 3 is 2.62 bits per heavy atom. The van der Waals surface area contributed by atoms with Crippen molar-refractivity contribution in [3.63, 3.8) is 0 Å². The fourth-order valence-corrected chi connectivity index (χ4v) is 4.30. The fourth-order valence-electron chi connectivity index (χ4n) is 2.78. The van der Waals surface area contributed by atoms with Crippen LogP contribution in [-0.2, 0) is 10.0 Å². The molecular weight excluding hydrogens is 365 g/mol. The van der Waals surface area contributed by atoms with Crippen molar-refractivity contribution < 1.29 is 31.8 Å². The van der Waals surface area contributed by atoms with E-state index >= 15 is 0 Å². The van der Waals surface area contributed by atoms with E-state index in [0.29, 0.717) is 17.2 Å². The van der Waals surface area contributed by atoms with Gasteiger partial charge in [-0.25, -0.2) is 12.8 Å². The molecule has 138 valence electrons. The van der Waals surface area contributed by atoms with Gasteiger partial charge in [-0.05, 0) is 24.3 Å². The van der Waals surface area contributed by atoms with Crippen molar-refractivity contribution in [2.45, 2.75) is 11.0 Å². The number of halogens is 1. The van der Waals surface area contributed by atoms with Crippen LogP contribution < -0.4 is 18.9 Å². The van der Waals surface area contributed by atoms with Crippen molar-refractivity contribution in [2.75, 3.05) is 27.0 Å². The van der Waals surface area contributed by atoms with E-state index in [1.165, 1.54) is 41.7 Å². The molecule has 0 unspecified atom stereocenters. The molecule has 2 aliphatic rings.